The summed E-state index contributed by atoms with van der Waals surface area (Å²) >= 11 is 0. The lowest BCUT2D eigenvalue weighted by atomic mass is 10.1. The lowest BCUT2D eigenvalue weighted by molar-refractivity contribution is -0.137. The van der Waals surface area contributed by atoms with E-state index in [9.17, 15) is 27.6 Å². The standard InChI is InChI=1S/C20H18F3NO4/c1-12(2)18(26)24-16-8-6-13(7-9-16)17(25)11-28-19(27)14-4-3-5-15(10-14)20(21,22)23/h3-10,12H,11H2,1-2H3,(H,24,26). The Kier molecular flexibility index (Phi) is 6.56. The Morgan fingerprint density at radius 1 is 1.00 bits per heavy atom. The van der Waals surface area contributed by atoms with E-state index in [1.807, 2.05) is 0 Å². The number of carbonyl (C=O) groups excluding carboxylic acids is 3. The van der Waals surface area contributed by atoms with Crippen molar-refractivity contribution in [1.82, 2.24) is 0 Å². The lowest BCUT2D eigenvalue weighted by Gasteiger charge is -2.09. The maximum Gasteiger partial charge on any atom is 0.416 e. The van der Waals surface area contributed by atoms with Crippen LogP contribution in [0.2, 0.25) is 0 Å². The Hall–Kier alpha value is -3.16. The molecule has 0 unspecified atom stereocenters. The Bertz CT molecular complexity index is 874. The van der Waals surface area contributed by atoms with Crippen LogP contribution in [0.25, 0.3) is 0 Å². The molecule has 0 aliphatic carbocycles. The third-order valence-electron chi connectivity index (χ3n) is 3.76. The monoisotopic (exact) mass is 393 g/mol. The van der Waals surface area contributed by atoms with Gasteiger partial charge in [0, 0.05) is 17.2 Å². The maximum atomic E-state index is 12.7. The Labute approximate surface area is 159 Å². The predicted molar refractivity (Wildman–Crippen MR) is 96.0 cm³/mol. The van der Waals surface area contributed by atoms with E-state index < -0.39 is 30.1 Å². The highest BCUT2D eigenvalue weighted by Gasteiger charge is 2.31. The van der Waals surface area contributed by atoms with Gasteiger partial charge in [-0.25, -0.2) is 4.79 Å². The van der Waals surface area contributed by atoms with Gasteiger partial charge in [0.15, 0.2) is 12.4 Å². The molecule has 5 nitrogen and oxygen atoms in total. The third kappa shape index (κ3) is 5.67. The van der Waals surface area contributed by atoms with Gasteiger partial charge in [-0.15, -0.1) is 0 Å². The molecular weight excluding hydrogens is 375 g/mol. The molecule has 8 heteroatoms. The van der Waals surface area contributed by atoms with Gasteiger partial charge in [0.1, 0.15) is 0 Å². The zero-order chi connectivity index (χ0) is 20.9. The van der Waals surface area contributed by atoms with Crippen molar-refractivity contribution in [1.29, 1.82) is 0 Å². The van der Waals surface area contributed by atoms with Crippen molar-refractivity contribution in [3.63, 3.8) is 0 Å². The second-order valence-corrected chi connectivity index (χ2v) is 6.30. The molecule has 28 heavy (non-hydrogen) atoms. The van der Waals surface area contributed by atoms with Crippen molar-refractivity contribution in [3.8, 4) is 0 Å². The molecule has 1 N–H and O–H groups in total. The Morgan fingerprint density at radius 2 is 1.64 bits per heavy atom. The second-order valence-electron chi connectivity index (χ2n) is 6.30. The zero-order valence-electron chi connectivity index (χ0n) is 15.2. The number of Topliss-reactive ketones (excluding diaryl/α,β-unsaturated/α-hetero) is 1. The molecule has 1 amide bonds. The highest BCUT2D eigenvalue weighted by molar-refractivity contribution is 6.00. The van der Waals surface area contributed by atoms with E-state index in [-0.39, 0.29) is 23.0 Å². The maximum absolute atomic E-state index is 12.7. The van der Waals surface area contributed by atoms with E-state index in [0.717, 1.165) is 12.1 Å². The molecular formula is C20H18F3NO4. The molecule has 0 spiro atoms. The third-order valence-corrected chi connectivity index (χ3v) is 3.76. The van der Waals surface area contributed by atoms with Crippen LogP contribution in [0.3, 0.4) is 0 Å². The van der Waals surface area contributed by atoms with Crippen LogP contribution >= 0.6 is 0 Å². The summed E-state index contributed by atoms with van der Waals surface area (Å²) in [6, 6.07) is 9.73. The Morgan fingerprint density at radius 3 is 2.21 bits per heavy atom. The van der Waals surface area contributed by atoms with Crippen LogP contribution in [0.15, 0.2) is 48.5 Å². The quantitative estimate of drug-likeness (QED) is 0.585. The number of nitrogens with one attached hydrogen (secondary N) is 1. The SMILES string of the molecule is CC(C)C(=O)Nc1ccc(C(=O)COC(=O)c2cccc(C(F)(F)F)c2)cc1. The summed E-state index contributed by atoms with van der Waals surface area (Å²) < 4.78 is 42.9. The first-order valence-corrected chi connectivity index (χ1v) is 8.36. The number of hydrogen-bond acceptors (Lipinski definition) is 4. The number of anilines is 1. The number of amides is 1. The van der Waals surface area contributed by atoms with Crippen LogP contribution in [0, 0.1) is 5.92 Å². The number of halogens is 3. The molecule has 0 aromatic heterocycles. The van der Waals surface area contributed by atoms with Crippen molar-refractivity contribution >= 4 is 23.3 Å². The first kappa shape index (κ1) is 21.1. The van der Waals surface area contributed by atoms with Gasteiger partial charge in [0.2, 0.25) is 5.91 Å². The number of hydrogen-bond donors (Lipinski definition) is 1. The molecule has 2 rings (SSSR count). The van der Waals surface area contributed by atoms with Crippen molar-refractivity contribution in [3.05, 3.63) is 65.2 Å². The summed E-state index contributed by atoms with van der Waals surface area (Å²) in [7, 11) is 0. The largest absolute Gasteiger partial charge is 0.454 e. The molecule has 0 heterocycles. The number of benzene rings is 2. The first-order chi connectivity index (χ1) is 13.1. The van der Waals surface area contributed by atoms with Gasteiger partial charge < -0.3 is 10.1 Å². The second kappa shape index (κ2) is 8.69. The van der Waals surface area contributed by atoms with E-state index in [2.05, 4.69) is 5.32 Å². The van der Waals surface area contributed by atoms with E-state index in [0.29, 0.717) is 11.8 Å². The minimum absolute atomic E-state index is 0.172. The highest BCUT2D eigenvalue weighted by atomic mass is 19.4. The van der Waals surface area contributed by atoms with E-state index >= 15 is 0 Å². The van der Waals surface area contributed by atoms with E-state index in [1.54, 1.807) is 13.8 Å². The molecule has 2 aromatic carbocycles. The average molecular weight is 393 g/mol. The summed E-state index contributed by atoms with van der Waals surface area (Å²) in [4.78, 5) is 35.6. The van der Waals surface area contributed by atoms with Crippen LogP contribution in [0.4, 0.5) is 18.9 Å². The molecule has 0 fully saturated rings. The summed E-state index contributed by atoms with van der Waals surface area (Å²) in [6.45, 7) is 2.87. The van der Waals surface area contributed by atoms with Gasteiger partial charge in [-0.05, 0) is 42.5 Å². The van der Waals surface area contributed by atoms with Gasteiger partial charge in [0.05, 0.1) is 11.1 Å². The number of alkyl halides is 3. The molecule has 0 bridgehead atoms. The van der Waals surface area contributed by atoms with Gasteiger partial charge >= 0.3 is 12.1 Å². The molecule has 0 radical (unpaired) electrons. The average Bonchev–Trinajstić information content (AvgIpc) is 2.65. The van der Waals surface area contributed by atoms with Crippen molar-refractivity contribution in [2.45, 2.75) is 20.0 Å². The minimum atomic E-state index is -4.58. The fourth-order valence-electron chi connectivity index (χ4n) is 2.15. The molecule has 0 saturated carbocycles. The summed E-state index contributed by atoms with van der Waals surface area (Å²) in [5, 5.41) is 2.67. The molecule has 0 aliphatic rings. The molecule has 0 aliphatic heterocycles. The van der Waals surface area contributed by atoms with Crippen LogP contribution in [0.1, 0.15) is 40.1 Å². The van der Waals surface area contributed by atoms with Gasteiger partial charge in [0.25, 0.3) is 0 Å². The van der Waals surface area contributed by atoms with Crippen LogP contribution < -0.4 is 5.32 Å². The molecule has 0 atom stereocenters. The number of ether oxygens (including phenoxy) is 1. The fraction of sp³-hybridized carbons (Fsp3) is 0.250. The number of esters is 1. The predicted octanol–water partition coefficient (Wildman–Crippen LogP) is 4.34. The van der Waals surface area contributed by atoms with Crippen molar-refractivity contribution in [2.24, 2.45) is 5.92 Å². The normalized spacial score (nSPS) is 11.2. The molecule has 0 saturated heterocycles. The smallest absolute Gasteiger partial charge is 0.416 e. The summed E-state index contributed by atoms with van der Waals surface area (Å²) in [5.74, 6) is -1.92. The lowest BCUT2D eigenvalue weighted by Crippen LogP contribution is -2.18. The molecule has 2 aromatic rings. The van der Waals surface area contributed by atoms with E-state index in [4.69, 9.17) is 4.74 Å². The van der Waals surface area contributed by atoms with E-state index in [1.165, 1.54) is 30.3 Å². The van der Waals surface area contributed by atoms with Crippen molar-refractivity contribution in [2.75, 3.05) is 11.9 Å². The number of ketones is 1. The van der Waals surface area contributed by atoms with Crippen molar-refractivity contribution < 1.29 is 32.3 Å². The highest BCUT2D eigenvalue weighted by Crippen LogP contribution is 2.29. The number of rotatable bonds is 6. The minimum Gasteiger partial charge on any atom is -0.454 e. The zero-order valence-corrected chi connectivity index (χ0v) is 15.2. The van der Waals surface area contributed by atoms with Crippen LogP contribution in [0.5, 0.6) is 0 Å². The van der Waals surface area contributed by atoms with Gasteiger partial charge in [-0.3, -0.25) is 9.59 Å². The topological polar surface area (TPSA) is 72.5 Å². The molecule has 148 valence electrons. The Balaban J connectivity index is 1.96. The fourth-order valence-corrected chi connectivity index (χ4v) is 2.15. The van der Waals surface area contributed by atoms with Gasteiger partial charge in [-0.2, -0.15) is 13.2 Å². The van der Waals surface area contributed by atoms with Crippen LogP contribution in [-0.4, -0.2) is 24.3 Å². The first-order valence-electron chi connectivity index (χ1n) is 8.36. The summed E-state index contributed by atoms with van der Waals surface area (Å²) in [5.41, 5.74) is -0.530. The summed E-state index contributed by atoms with van der Waals surface area (Å²) in [6.07, 6.45) is -4.58. The van der Waals surface area contributed by atoms with Gasteiger partial charge in [-0.1, -0.05) is 19.9 Å². The number of carbonyl (C=O) groups is 3. The van der Waals surface area contributed by atoms with Crippen LogP contribution in [-0.2, 0) is 15.7 Å².